The fourth-order valence-corrected chi connectivity index (χ4v) is 2.26. The fourth-order valence-electron chi connectivity index (χ4n) is 2.26. The summed E-state index contributed by atoms with van der Waals surface area (Å²) in [6.45, 7) is 5.85. The van der Waals surface area contributed by atoms with Gasteiger partial charge in [0.05, 0.1) is 6.54 Å². The number of aliphatic imine (C=N–C) groups is 1. The molecule has 0 bridgehead atoms. The largest absolute Gasteiger partial charge is 0.370 e. The summed E-state index contributed by atoms with van der Waals surface area (Å²) >= 11 is 0. The Hall–Kier alpha value is -0.780. The predicted octanol–water partition coefficient (Wildman–Crippen LogP) is 2.85. The van der Waals surface area contributed by atoms with Crippen molar-refractivity contribution < 1.29 is 0 Å². The van der Waals surface area contributed by atoms with E-state index in [4.69, 9.17) is 5.73 Å². The molecule has 0 unspecified atom stereocenters. The lowest BCUT2D eigenvalue weighted by atomic mass is 10.1. The molecule has 0 saturated heterocycles. The Balaban J connectivity index is 0.00000180. The number of hydrogen-bond acceptors (Lipinski definition) is 1. The second kappa shape index (κ2) is 7.72. The summed E-state index contributed by atoms with van der Waals surface area (Å²) in [7, 11) is 0. The summed E-state index contributed by atoms with van der Waals surface area (Å²) in [5, 5.41) is 3.13. The van der Waals surface area contributed by atoms with Crippen molar-refractivity contribution in [2.24, 2.45) is 16.6 Å². The number of aryl methyl sites for hydroxylation is 2. The second-order valence-corrected chi connectivity index (χ2v) is 5.43. The molecule has 3 nitrogen and oxygen atoms in total. The number of guanidine groups is 1. The lowest BCUT2D eigenvalue weighted by Gasteiger charge is -2.08. The van der Waals surface area contributed by atoms with Gasteiger partial charge in [-0.05, 0) is 41.9 Å². The molecule has 2 rings (SSSR count). The van der Waals surface area contributed by atoms with E-state index in [-0.39, 0.29) is 24.0 Å². The number of nitrogens with two attached hydrogens (primary N) is 1. The molecule has 106 valence electrons. The number of halogens is 1. The van der Waals surface area contributed by atoms with Crippen molar-refractivity contribution in [3.8, 4) is 0 Å². The lowest BCUT2D eigenvalue weighted by Crippen LogP contribution is -2.34. The van der Waals surface area contributed by atoms with E-state index >= 15 is 0 Å². The van der Waals surface area contributed by atoms with Crippen molar-refractivity contribution in [1.82, 2.24) is 5.32 Å². The molecule has 1 aromatic carbocycles. The van der Waals surface area contributed by atoms with Gasteiger partial charge < -0.3 is 11.1 Å². The summed E-state index contributed by atoms with van der Waals surface area (Å²) in [6, 6.07) is 6.69. The molecule has 1 aliphatic carbocycles. The first-order valence-electron chi connectivity index (χ1n) is 6.79. The van der Waals surface area contributed by atoms with Crippen molar-refractivity contribution in [2.45, 2.75) is 39.7 Å². The van der Waals surface area contributed by atoms with E-state index < -0.39 is 0 Å². The zero-order valence-corrected chi connectivity index (χ0v) is 14.1. The topological polar surface area (TPSA) is 50.4 Å². The van der Waals surface area contributed by atoms with Gasteiger partial charge in [0.15, 0.2) is 5.96 Å². The first-order valence-corrected chi connectivity index (χ1v) is 6.79. The van der Waals surface area contributed by atoms with Crippen LogP contribution in [0.4, 0.5) is 0 Å². The Bertz CT molecular complexity index is 441. The monoisotopic (exact) mass is 373 g/mol. The number of rotatable bonds is 4. The maximum Gasteiger partial charge on any atom is 0.188 e. The van der Waals surface area contributed by atoms with Gasteiger partial charge in [0.1, 0.15) is 0 Å². The summed E-state index contributed by atoms with van der Waals surface area (Å²) in [4.78, 5) is 4.38. The highest BCUT2D eigenvalue weighted by Gasteiger charge is 2.10. The summed E-state index contributed by atoms with van der Waals surface area (Å²) in [5.41, 5.74) is 10.1. The molecule has 0 atom stereocenters. The molecular formula is C15H24IN3. The molecule has 0 amide bonds. The summed E-state index contributed by atoms with van der Waals surface area (Å²) < 4.78 is 0. The highest BCUT2D eigenvalue weighted by atomic mass is 127. The van der Waals surface area contributed by atoms with Crippen molar-refractivity contribution in [3.05, 3.63) is 34.9 Å². The molecule has 1 aromatic rings. The quantitative estimate of drug-likeness (QED) is 0.485. The van der Waals surface area contributed by atoms with Gasteiger partial charge in [-0.1, -0.05) is 32.0 Å². The van der Waals surface area contributed by atoms with Gasteiger partial charge in [-0.25, -0.2) is 4.99 Å². The van der Waals surface area contributed by atoms with Crippen LogP contribution in [0.2, 0.25) is 0 Å². The third-order valence-electron chi connectivity index (χ3n) is 3.29. The zero-order valence-electron chi connectivity index (χ0n) is 11.8. The Morgan fingerprint density at radius 2 is 2.05 bits per heavy atom. The minimum atomic E-state index is 0. The molecule has 0 fully saturated rings. The highest BCUT2D eigenvalue weighted by Crippen LogP contribution is 2.22. The summed E-state index contributed by atoms with van der Waals surface area (Å²) in [6.07, 6.45) is 3.74. The Morgan fingerprint density at radius 1 is 1.32 bits per heavy atom. The molecule has 1 aliphatic rings. The van der Waals surface area contributed by atoms with Crippen LogP contribution in [0.3, 0.4) is 0 Å². The van der Waals surface area contributed by atoms with Gasteiger partial charge in [-0.15, -0.1) is 24.0 Å². The molecule has 19 heavy (non-hydrogen) atoms. The maximum atomic E-state index is 5.82. The van der Waals surface area contributed by atoms with E-state index in [1.165, 1.54) is 36.0 Å². The van der Waals surface area contributed by atoms with Gasteiger partial charge in [0, 0.05) is 6.54 Å². The van der Waals surface area contributed by atoms with Gasteiger partial charge in [-0.3, -0.25) is 0 Å². The minimum absolute atomic E-state index is 0. The Kier molecular flexibility index (Phi) is 6.62. The lowest BCUT2D eigenvalue weighted by molar-refractivity contribution is 0.622. The smallest absolute Gasteiger partial charge is 0.188 e. The van der Waals surface area contributed by atoms with E-state index in [2.05, 4.69) is 42.4 Å². The Labute approximate surface area is 133 Å². The minimum Gasteiger partial charge on any atom is -0.370 e. The number of hydrogen-bond donors (Lipinski definition) is 2. The first kappa shape index (κ1) is 16.3. The fraction of sp³-hybridized carbons (Fsp3) is 0.533. The molecule has 0 radical (unpaired) electrons. The van der Waals surface area contributed by atoms with Crippen LogP contribution in [0.1, 0.15) is 37.0 Å². The normalized spacial score (nSPS) is 14.2. The van der Waals surface area contributed by atoms with E-state index in [0.29, 0.717) is 18.4 Å². The third-order valence-corrected chi connectivity index (χ3v) is 3.29. The van der Waals surface area contributed by atoms with Crippen LogP contribution in [0.15, 0.2) is 23.2 Å². The molecule has 0 spiro atoms. The van der Waals surface area contributed by atoms with Crippen molar-refractivity contribution in [3.63, 3.8) is 0 Å². The first-order chi connectivity index (χ1) is 8.65. The van der Waals surface area contributed by atoms with Gasteiger partial charge in [-0.2, -0.15) is 0 Å². The van der Waals surface area contributed by atoms with Crippen LogP contribution in [-0.2, 0) is 19.4 Å². The van der Waals surface area contributed by atoms with Gasteiger partial charge in [0.2, 0.25) is 0 Å². The van der Waals surface area contributed by atoms with E-state index in [0.717, 1.165) is 6.54 Å². The van der Waals surface area contributed by atoms with Crippen LogP contribution >= 0.6 is 24.0 Å². The number of fused-ring (bicyclic) bond motifs is 1. The van der Waals surface area contributed by atoms with Crippen molar-refractivity contribution in [2.75, 3.05) is 6.54 Å². The maximum absolute atomic E-state index is 5.82. The number of nitrogens with one attached hydrogen (secondary N) is 1. The molecule has 0 heterocycles. The average Bonchev–Trinajstić information content (AvgIpc) is 2.81. The van der Waals surface area contributed by atoms with Crippen LogP contribution in [0, 0.1) is 5.92 Å². The van der Waals surface area contributed by atoms with Crippen molar-refractivity contribution in [1.29, 1.82) is 0 Å². The van der Waals surface area contributed by atoms with E-state index in [1.807, 2.05) is 0 Å². The Morgan fingerprint density at radius 3 is 2.79 bits per heavy atom. The highest BCUT2D eigenvalue weighted by molar-refractivity contribution is 14.0. The molecule has 3 N–H and O–H groups in total. The van der Waals surface area contributed by atoms with Crippen LogP contribution in [0.25, 0.3) is 0 Å². The SMILES string of the molecule is CC(C)CNC(N)=NCc1ccc2c(c1)CCC2.I. The standard InChI is InChI=1S/C15H23N3.HI/c1-11(2)9-17-15(16)18-10-12-6-7-13-4-3-5-14(13)8-12;/h6-8,11H,3-5,9-10H2,1-2H3,(H3,16,17,18);1H. The number of nitrogens with zero attached hydrogens (tertiary/aromatic N) is 1. The molecular weight excluding hydrogens is 349 g/mol. The van der Waals surface area contributed by atoms with Crippen LogP contribution in [0.5, 0.6) is 0 Å². The number of benzene rings is 1. The van der Waals surface area contributed by atoms with E-state index in [1.54, 1.807) is 0 Å². The molecule has 0 aromatic heterocycles. The molecule has 0 aliphatic heterocycles. The van der Waals surface area contributed by atoms with Crippen LogP contribution in [-0.4, -0.2) is 12.5 Å². The molecule has 0 saturated carbocycles. The van der Waals surface area contributed by atoms with Gasteiger partial charge in [0.25, 0.3) is 0 Å². The molecule has 4 heteroatoms. The average molecular weight is 373 g/mol. The van der Waals surface area contributed by atoms with E-state index in [9.17, 15) is 0 Å². The van der Waals surface area contributed by atoms with Gasteiger partial charge >= 0.3 is 0 Å². The third kappa shape index (κ3) is 5.01. The second-order valence-electron chi connectivity index (χ2n) is 5.43. The zero-order chi connectivity index (χ0) is 13.0. The van der Waals surface area contributed by atoms with Crippen molar-refractivity contribution >= 4 is 29.9 Å². The predicted molar refractivity (Wildman–Crippen MR) is 92.0 cm³/mol. The summed E-state index contributed by atoms with van der Waals surface area (Å²) in [5.74, 6) is 1.13. The van der Waals surface area contributed by atoms with Crippen LogP contribution < -0.4 is 11.1 Å².